The molecule has 2 aliphatic rings. The van der Waals surface area contributed by atoms with Gasteiger partial charge in [-0.3, -0.25) is 14.5 Å². The summed E-state index contributed by atoms with van der Waals surface area (Å²) in [6.07, 6.45) is 0.750. The summed E-state index contributed by atoms with van der Waals surface area (Å²) in [6, 6.07) is 10.3. The maximum absolute atomic E-state index is 12.8. The maximum atomic E-state index is 12.8. The lowest BCUT2D eigenvalue weighted by Gasteiger charge is -2.35. The van der Waals surface area contributed by atoms with E-state index in [1.165, 1.54) is 5.56 Å². The average Bonchev–Trinajstić information content (AvgIpc) is 3.12. The van der Waals surface area contributed by atoms with Gasteiger partial charge < -0.3 is 10.2 Å². The van der Waals surface area contributed by atoms with Gasteiger partial charge in [0.15, 0.2) is 0 Å². The predicted octanol–water partition coefficient (Wildman–Crippen LogP) is 0.263. The highest BCUT2D eigenvalue weighted by Crippen LogP contribution is 2.23. The summed E-state index contributed by atoms with van der Waals surface area (Å²) >= 11 is 0. The summed E-state index contributed by atoms with van der Waals surface area (Å²) in [7, 11) is 0. The van der Waals surface area contributed by atoms with Crippen molar-refractivity contribution in [1.29, 1.82) is 0 Å². The number of carbonyl (C=O) groups excluding carboxylic acids is 2. The Hall–Kier alpha value is -1.96. The lowest BCUT2D eigenvalue weighted by Crippen LogP contribution is -2.55. The van der Waals surface area contributed by atoms with E-state index in [1.54, 1.807) is 0 Å². The van der Waals surface area contributed by atoms with Crippen molar-refractivity contribution in [2.45, 2.75) is 38.4 Å². The van der Waals surface area contributed by atoms with Gasteiger partial charge in [0.2, 0.25) is 11.8 Å². The SMILES string of the molecule is CC(C)NC(=O)CN1CCN(C(=O)C2CC(c3ccccc3)NN2)CC1. The predicted molar refractivity (Wildman–Crippen MR) is 100 cm³/mol. The summed E-state index contributed by atoms with van der Waals surface area (Å²) < 4.78 is 0. The van der Waals surface area contributed by atoms with E-state index in [4.69, 9.17) is 0 Å². The van der Waals surface area contributed by atoms with E-state index >= 15 is 0 Å². The quantitative estimate of drug-likeness (QED) is 0.703. The third-order valence-corrected chi connectivity index (χ3v) is 4.90. The molecule has 142 valence electrons. The first kappa shape index (κ1) is 18.8. The van der Waals surface area contributed by atoms with Crippen LogP contribution in [0.25, 0.3) is 0 Å². The molecule has 7 nitrogen and oxygen atoms in total. The number of nitrogens with zero attached hydrogens (tertiary/aromatic N) is 2. The Balaban J connectivity index is 1.45. The Morgan fingerprint density at radius 1 is 1.12 bits per heavy atom. The number of carbonyl (C=O) groups is 2. The van der Waals surface area contributed by atoms with Gasteiger partial charge in [-0.2, -0.15) is 0 Å². The zero-order chi connectivity index (χ0) is 18.5. The second kappa shape index (κ2) is 8.62. The molecule has 2 aliphatic heterocycles. The Kier molecular flexibility index (Phi) is 6.24. The first-order valence-corrected chi connectivity index (χ1v) is 9.39. The van der Waals surface area contributed by atoms with Crippen LogP contribution in [0.3, 0.4) is 0 Å². The van der Waals surface area contributed by atoms with Crippen molar-refractivity contribution in [2.24, 2.45) is 0 Å². The third kappa shape index (κ3) is 4.81. The Morgan fingerprint density at radius 2 is 1.81 bits per heavy atom. The summed E-state index contributed by atoms with van der Waals surface area (Å²) in [5.41, 5.74) is 7.57. The van der Waals surface area contributed by atoms with Crippen LogP contribution in [-0.4, -0.2) is 66.4 Å². The first-order chi connectivity index (χ1) is 12.5. The van der Waals surface area contributed by atoms with Gasteiger partial charge in [0, 0.05) is 38.3 Å². The molecule has 1 aromatic rings. The van der Waals surface area contributed by atoms with Crippen LogP contribution in [0.4, 0.5) is 0 Å². The minimum atomic E-state index is -0.198. The molecule has 2 fully saturated rings. The number of benzene rings is 1. The van der Waals surface area contributed by atoms with Crippen molar-refractivity contribution in [2.75, 3.05) is 32.7 Å². The van der Waals surface area contributed by atoms with Crippen molar-refractivity contribution < 1.29 is 9.59 Å². The summed E-state index contributed by atoms with van der Waals surface area (Å²) in [5.74, 6) is 0.189. The highest BCUT2D eigenvalue weighted by Gasteiger charge is 2.34. The van der Waals surface area contributed by atoms with Gasteiger partial charge in [-0.15, -0.1) is 0 Å². The van der Waals surface area contributed by atoms with Gasteiger partial charge in [0.1, 0.15) is 6.04 Å². The van der Waals surface area contributed by atoms with Crippen LogP contribution < -0.4 is 16.2 Å². The van der Waals surface area contributed by atoms with Crippen molar-refractivity contribution in [3.05, 3.63) is 35.9 Å². The highest BCUT2D eigenvalue weighted by molar-refractivity contribution is 5.82. The molecular formula is C19H29N5O2. The zero-order valence-electron chi connectivity index (χ0n) is 15.6. The van der Waals surface area contributed by atoms with E-state index in [2.05, 4.69) is 33.2 Å². The number of rotatable bonds is 5. The number of hydrogen-bond donors (Lipinski definition) is 3. The monoisotopic (exact) mass is 359 g/mol. The molecule has 0 radical (unpaired) electrons. The van der Waals surface area contributed by atoms with E-state index < -0.39 is 0 Å². The Labute approximate surface area is 155 Å². The second-order valence-electron chi connectivity index (χ2n) is 7.36. The first-order valence-electron chi connectivity index (χ1n) is 9.39. The molecule has 2 saturated heterocycles. The molecule has 0 bridgehead atoms. The van der Waals surface area contributed by atoms with Crippen molar-refractivity contribution >= 4 is 11.8 Å². The molecule has 0 aliphatic carbocycles. The standard InChI is InChI=1S/C19H29N5O2/c1-14(2)20-18(25)13-23-8-10-24(11-9-23)19(26)17-12-16(21-22-17)15-6-4-3-5-7-15/h3-7,14,16-17,21-22H,8-13H2,1-2H3,(H,20,25). The Morgan fingerprint density at radius 3 is 2.46 bits per heavy atom. The number of hydrazine groups is 1. The van der Waals surface area contributed by atoms with Crippen LogP contribution >= 0.6 is 0 Å². The summed E-state index contributed by atoms with van der Waals surface area (Å²) in [4.78, 5) is 28.7. The highest BCUT2D eigenvalue weighted by atomic mass is 16.2. The number of nitrogens with one attached hydrogen (secondary N) is 3. The third-order valence-electron chi connectivity index (χ3n) is 4.90. The molecule has 7 heteroatoms. The van der Waals surface area contributed by atoms with Gasteiger partial charge in [0.25, 0.3) is 0 Å². The molecule has 2 atom stereocenters. The Bertz CT molecular complexity index is 614. The molecule has 0 aromatic heterocycles. The van der Waals surface area contributed by atoms with E-state index in [0.29, 0.717) is 19.6 Å². The van der Waals surface area contributed by atoms with E-state index in [-0.39, 0.29) is 29.9 Å². The molecule has 26 heavy (non-hydrogen) atoms. The van der Waals surface area contributed by atoms with E-state index in [1.807, 2.05) is 36.9 Å². The van der Waals surface area contributed by atoms with Gasteiger partial charge in [-0.1, -0.05) is 30.3 Å². The van der Waals surface area contributed by atoms with Gasteiger partial charge >= 0.3 is 0 Å². The maximum Gasteiger partial charge on any atom is 0.241 e. The normalized spacial score (nSPS) is 24.0. The van der Waals surface area contributed by atoms with Crippen molar-refractivity contribution in [3.8, 4) is 0 Å². The molecule has 2 amide bonds. The molecule has 3 rings (SSSR count). The molecule has 0 spiro atoms. The molecular weight excluding hydrogens is 330 g/mol. The molecule has 2 heterocycles. The number of hydrogen-bond acceptors (Lipinski definition) is 5. The van der Waals surface area contributed by atoms with Gasteiger partial charge in [-0.05, 0) is 25.8 Å². The fourth-order valence-corrected chi connectivity index (χ4v) is 3.54. The summed E-state index contributed by atoms with van der Waals surface area (Å²) in [6.45, 7) is 7.13. The zero-order valence-corrected chi connectivity index (χ0v) is 15.6. The lowest BCUT2D eigenvalue weighted by atomic mass is 10.0. The van der Waals surface area contributed by atoms with E-state index in [9.17, 15) is 9.59 Å². The van der Waals surface area contributed by atoms with Crippen LogP contribution in [0.5, 0.6) is 0 Å². The number of amides is 2. The molecule has 1 aromatic carbocycles. The van der Waals surface area contributed by atoms with Crippen LogP contribution in [-0.2, 0) is 9.59 Å². The van der Waals surface area contributed by atoms with Gasteiger partial charge in [-0.25, -0.2) is 10.9 Å². The second-order valence-corrected chi connectivity index (χ2v) is 7.36. The molecule has 0 saturated carbocycles. The minimum absolute atomic E-state index is 0.0483. The summed E-state index contributed by atoms with van der Waals surface area (Å²) in [5, 5.41) is 2.91. The topological polar surface area (TPSA) is 76.7 Å². The fourth-order valence-electron chi connectivity index (χ4n) is 3.54. The van der Waals surface area contributed by atoms with Crippen LogP contribution in [0.1, 0.15) is 31.9 Å². The van der Waals surface area contributed by atoms with Crippen molar-refractivity contribution in [3.63, 3.8) is 0 Å². The largest absolute Gasteiger partial charge is 0.353 e. The van der Waals surface area contributed by atoms with Gasteiger partial charge in [0.05, 0.1) is 6.54 Å². The lowest BCUT2D eigenvalue weighted by molar-refractivity contribution is -0.135. The van der Waals surface area contributed by atoms with Crippen molar-refractivity contribution in [1.82, 2.24) is 26.0 Å². The van der Waals surface area contributed by atoms with Crippen LogP contribution in [0, 0.1) is 0 Å². The van der Waals surface area contributed by atoms with Crippen LogP contribution in [0.15, 0.2) is 30.3 Å². The smallest absolute Gasteiger partial charge is 0.241 e. The molecule has 3 N–H and O–H groups in total. The molecule has 2 unspecified atom stereocenters. The average molecular weight is 359 g/mol. The fraction of sp³-hybridized carbons (Fsp3) is 0.579. The minimum Gasteiger partial charge on any atom is -0.353 e. The van der Waals surface area contributed by atoms with Crippen LogP contribution in [0.2, 0.25) is 0 Å². The van der Waals surface area contributed by atoms with E-state index in [0.717, 1.165) is 19.5 Å². The number of piperazine rings is 1.